The van der Waals surface area contributed by atoms with Gasteiger partial charge in [0.1, 0.15) is 6.04 Å². The number of piperazine rings is 1. The molecule has 234 valence electrons. The molecule has 1 saturated heterocycles. The third kappa shape index (κ3) is 7.73. The summed E-state index contributed by atoms with van der Waals surface area (Å²) in [6.07, 6.45) is 3.84. The van der Waals surface area contributed by atoms with Crippen molar-refractivity contribution < 1.29 is 9.59 Å². The Kier molecular flexibility index (Phi) is 9.77. The van der Waals surface area contributed by atoms with Crippen molar-refractivity contribution in [2.45, 2.75) is 38.1 Å². The summed E-state index contributed by atoms with van der Waals surface area (Å²) in [7, 11) is 0. The fourth-order valence-electron chi connectivity index (χ4n) is 6.23. The number of amides is 2. The molecular weight excluding hydrogens is 566 g/mol. The highest BCUT2D eigenvalue weighted by atomic mass is 16.2. The number of hydrogen-bond donors (Lipinski definition) is 5. The van der Waals surface area contributed by atoms with Crippen LogP contribution in [0.25, 0.3) is 22.5 Å². The van der Waals surface area contributed by atoms with Crippen LogP contribution in [0.4, 0.5) is 11.4 Å². The number of carbonyl (C=O) groups excluding carboxylic acids is 2. The van der Waals surface area contributed by atoms with Crippen molar-refractivity contribution in [1.82, 2.24) is 31.3 Å². The standard InChI is InChI=1S/C34H41N9O2/c35-22-24-3-7-28(8-4-24)33(44)38-31(34(45)37-29-13-9-27(10-14-29)32-39-41-42-40-32)21-23-1-5-25(6-2-23)26-11-15-30(16-12-26)43-19-17-36-18-20-43/h1-2,5-6,9-16,24,28,31,36H,3-4,7-8,17-22,35H2,(H,37,45)(H,38,44)(H,39,40,41,42)/t24-,28-,31-/m0/s1. The van der Waals surface area contributed by atoms with Gasteiger partial charge in [-0.2, -0.15) is 5.21 Å². The number of tetrazole rings is 1. The first-order valence-corrected chi connectivity index (χ1v) is 15.9. The second-order valence-corrected chi connectivity index (χ2v) is 12.0. The summed E-state index contributed by atoms with van der Waals surface area (Å²) in [6.45, 7) is 4.69. The molecule has 4 aromatic rings. The zero-order valence-corrected chi connectivity index (χ0v) is 25.4. The molecule has 1 aliphatic heterocycles. The van der Waals surface area contributed by atoms with E-state index in [1.807, 2.05) is 24.3 Å². The molecule has 0 bridgehead atoms. The van der Waals surface area contributed by atoms with Crippen molar-refractivity contribution >= 4 is 23.2 Å². The fraction of sp³-hybridized carbons (Fsp3) is 0.382. The molecule has 2 amide bonds. The number of hydrogen-bond acceptors (Lipinski definition) is 8. The smallest absolute Gasteiger partial charge is 0.247 e. The van der Waals surface area contributed by atoms with Crippen LogP contribution in [-0.2, 0) is 16.0 Å². The number of aromatic nitrogens is 4. The monoisotopic (exact) mass is 607 g/mol. The normalized spacial score (nSPS) is 19.1. The Morgan fingerprint density at radius 1 is 0.867 bits per heavy atom. The van der Waals surface area contributed by atoms with Crippen LogP contribution in [0, 0.1) is 11.8 Å². The first-order valence-electron chi connectivity index (χ1n) is 15.9. The number of H-pyrrole nitrogens is 1. The maximum Gasteiger partial charge on any atom is 0.247 e. The van der Waals surface area contributed by atoms with Gasteiger partial charge in [0.2, 0.25) is 17.6 Å². The molecule has 2 aliphatic rings. The molecule has 2 fully saturated rings. The molecule has 0 spiro atoms. The summed E-state index contributed by atoms with van der Waals surface area (Å²) in [5, 5.41) is 23.5. The van der Waals surface area contributed by atoms with E-state index in [0.29, 0.717) is 30.4 Å². The topological polar surface area (TPSA) is 154 Å². The lowest BCUT2D eigenvalue weighted by Crippen LogP contribution is -2.48. The molecule has 1 atom stereocenters. The number of nitrogens with zero attached hydrogens (tertiary/aromatic N) is 4. The second kappa shape index (κ2) is 14.4. The van der Waals surface area contributed by atoms with Crippen LogP contribution in [0.2, 0.25) is 0 Å². The van der Waals surface area contributed by atoms with E-state index < -0.39 is 6.04 Å². The van der Waals surface area contributed by atoms with E-state index in [-0.39, 0.29) is 17.7 Å². The summed E-state index contributed by atoms with van der Waals surface area (Å²) in [5.74, 6) is 0.503. The summed E-state index contributed by atoms with van der Waals surface area (Å²) < 4.78 is 0. The van der Waals surface area contributed by atoms with Gasteiger partial charge in [-0.05, 0) is 96.4 Å². The average molecular weight is 608 g/mol. The van der Waals surface area contributed by atoms with Crippen LogP contribution in [0.15, 0.2) is 72.8 Å². The van der Waals surface area contributed by atoms with Gasteiger partial charge in [0.15, 0.2) is 0 Å². The largest absolute Gasteiger partial charge is 0.369 e. The number of rotatable bonds is 10. The Bertz CT molecular complexity index is 1530. The molecule has 6 N–H and O–H groups in total. The Morgan fingerprint density at radius 2 is 1.51 bits per heavy atom. The van der Waals surface area contributed by atoms with Gasteiger partial charge in [-0.15, -0.1) is 10.2 Å². The lowest BCUT2D eigenvalue weighted by atomic mass is 9.81. The Hall–Kier alpha value is -4.61. The first-order chi connectivity index (χ1) is 22.1. The Morgan fingerprint density at radius 3 is 2.13 bits per heavy atom. The predicted molar refractivity (Wildman–Crippen MR) is 175 cm³/mol. The van der Waals surface area contributed by atoms with Crippen LogP contribution in [0.3, 0.4) is 0 Å². The number of anilines is 2. The average Bonchev–Trinajstić information content (AvgIpc) is 3.64. The summed E-state index contributed by atoms with van der Waals surface area (Å²) in [4.78, 5) is 29.4. The van der Waals surface area contributed by atoms with Crippen LogP contribution >= 0.6 is 0 Å². The Balaban J connectivity index is 1.14. The molecule has 6 rings (SSSR count). The molecule has 1 aliphatic carbocycles. The number of aromatic amines is 1. The molecule has 11 heteroatoms. The van der Waals surface area contributed by atoms with Gasteiger partial charge in [-0.25, -0.2) is 0 Å². The van der Waals surface area contributed by atoms with E-state index in [2.05, 4.69) is 77.9 Å². The lowest BCUT2D eigenvalue weighted by Gasteiger charge is -2.29. The van der Waals surface area contributed by atoms with Crippen molar-refractivity contribution in [1.29, 1.82) is 0 Å². The minimum absolute atomic E-state index is 0.0701. The van der Waals surface area contributed by atoms with Crippen molar-refractivity contribution in [3.63, 3.8) is 0 Å². The van der Waals surface area contributed by atoms with Gasteiger partial charge in [-0.3, -0.25) is 9.59 Å². The number of nitrogens with two attached hydrogens (primary N) is 1. The summed E-state index contributed by atoms with van der Waals surface area (Å²) in [6, 6.07) is 23.4. The van der Waals surface area contributed by atoms with Crippen LogP contribution in [0.5, 0.6) is 0 Å². The molecule has 0 unspecified atom stereocenters. The van der Waals surface area contributed by atoms with E-state index >= 15 is 0 Å². The highest BCUT2D eigenvalue weighted by Gasteiger charge is 2.29. The van der Waals surface area contributed by atoms with E-state index in [1.165, 1.54) is 5.69 Å². The highest BCUT2D eigenvalue weighted by molar-refractivity contribution is 5.97. The summed E-state index contributed by atoms with van der Waals surface area (Å²) >= 11 is 0. The molecule has 1 aromatic heterocycles. The van der Waals surface area contributed by atoms with Crippen molar-refractivity contribution in [3.05, 3.63) is 78.4 Å². The van der Waals surface area contributed by atoms with Gasteiger partial charge < -0.3 is 26.6 Å². The molecule has 45 heavy (non-hydrogen) atoms. The highest BCUT2D eigenvalue weighted by Crippen LogP contribution is 2.29. The third-order valence-corrected chi connectivity index (χ3v) is 9.02. The number of nitrogens with one attached hydrogen (secondary N) is 4. The quantitative estimate of drug-likeness (QED) is 0.184. The molecule has 11 nitrogen and oxygen atoms in total. The van der Waals surface area contributed by atoms with E-state index in [1.54, 1.807) is 12.1 Å². The molecule has 1 saturated carbocycles. The number of benzene rings is 3. The Labute approximate surface area is 263 Å². The van der Waals surface area contributed by atoms with Gasteiger partial charge in [0, 0.05) is 55.5 Å². The van der Waals surface area contributed by atoms with Crippen molar-refractivity contribution in [2.24, 2.45) is 17.6 Å². The SMILES string of the molecule is NC[C@H]1CC[C@H](C(=O)N[C@@H](Cc2ccc(-c3ccc(N4CCNCC4)cc3)cc2)C(=O)Nc2ccc(-c3nn[nH]n3)cc2)CC1. The maximum absolute atomic E-state index is 13.6. The van der Waals surface area contributed by atoms with Crippen molar-refractivity contribution in [2.75, 3.05) is 42.9 Å². The fourth-order valence-corrected chi connectivity index (χ4v) is 6.23. The molecule has 3 aromatic carbocycles. The van der Waals surface area contributed by atoms with Crippen LogP contribution in [-0.4, -0.2) is 71.2 Å². The maximum atomic E-state index is 13.6. The van der Waals surface area contributed by atoms with E-state index in [4.69, 9.17) is 5.73 Å². The van der Waals surface area contributed by atoms with Gasteiger partial charge >= 0.3 is 0 Å². The van der Waals surface area contributed by atoms with Gasteiger partial charge in [-0.1, -0.05) is 36.4 Å². The minimum atomic E-state index is -0.731. The van der Waals surface area contributed by atoms with E-state index in [0.717, 1.165) is 74.1 Å². The minimum Gasteiger partial charge on any atom is -0.369 e. The lowest BCUT2D eigenvalue weighted by molar-refractivity contribution is -0.130. The summed E-state index contributed by atoms with van der Waals surface area (Å²) in [5.41, 5.74) is 11.7. The van der Waals surface area contributed by atoms with Gasteiger partial charge in [0.05, 0.1) is 0 Å². The predicted octanol–water partition coefficient (Wildman–Crippen LogP) is 3.37. The molecular formula is C34H41N9O2. The zero-order chi connectivity index (χ0) is 31.0. The molecule has 2 heterocycles. The van der Waals surface area contributed by atoms with Gasteiger partial charge in [0.25, 0.3) is 0 Å². The number of carbonyl (C=O) groups is 2. The second-order valence-electron chi connectivity index (χ2n) is 12.0. The zero-order valence-electron chi connectivity index (χ0n) is 25.4. The molecule has 0 radical (unpaired) electrons. The van der Waals surface area contributed by atoms with Crippen LogP contribution in [0.1, 0.15) is 31.2 Å². The van der Waals surface area contributed by atoms with Crippen molar-refractivity contribution in [3.8, 4) is 22.5 Å². The van der Waals surface area contributed by atoms with Crippen LogP contribution < -0.4 is 26.6 Å². The first kappa shape index (κ1) is 30.4. The van der Waals surface area contributed by atoms with E-state index in [9.17, 15) is 9.59 Å². The third-order valence-electron chi connectivity index (χ3n) is 9.02.